The molecule has 5 heteroatoms. The molecule has 0 heterocycles. The highest BCUT2D eigenvalue weighted by molar-refractivity contribution is 5.81. The minimum absolute atomic E-state index is 0.0306. The zero-order valence-corrected chi connectivity index (χ0v) is 11.5. The Bertz CT molecular complexity index is 344. The van der Waals surface area contributed by atoms with Crippen molar-refractivity contribution in [3.8, 4) is 0 Å². The summed E-state index contributed by atoms with van der Waals surface area (Å²) < 4.78 is 4.94. The number of fused-ring (bicyclic) bond motifs is 2. The molecule has 5 nitrogen and oxygen atoms in total. The SMILES string of the molecule is COCCN(CC(=O)O)C(=O)CC1CC2CCC1C2. The van der Waals surface area contributed by atoms with Crippen molar-refractivity contribution in [2.75, 3.05) is 26.8 Å². The molecule has 2 aliphatic carbocycles. The molecule has 0 radical (unpaired) electrons. The van der Waals surface area contributed by atoms with Gasteiger partial charge in [-0.25, -0.2) is 0 Å². The van der Waals surface area contributed by atoms with Gasteiger partial charge in [0, 0.05) is 20.1 Å². The van der Waals surface area contributed by atoms with Gasteiger partial charge in [-0.15, -0.1) is 0 Å². The van der Waals surface area contributed by atoms with Crippen LogP contribution in [0.5, 0.6) is 0 Å². The van der Waals surface area contributed by atoms with Crippen molar-refractivity contribution in [3.63, 3.8) is 0 Å². The van der Waals surface area contributed by atoms with Gasteiger partial charge in [0.1, 0.15) is 6.54 Å². The topological polar surface area (TPSA) is 66.8 Å². The molecule has 0 saturated heterocycles. The van der Waals surface area contributed by atoms with E-state index in [4.69, 9.17) is 9.84 Å². The van der Waals surface area contributed by atoms with Crippen LogP contribution in [0.2, 0.25) is 0 Å². The van der Waals surface area contributed by atoms with Gasteiger partial charge >= 0.3 is 5.97 Å². The number of carbonyl (C=O) groups excluding carboxylic acids is 1. The molecule has 3 atom stereocenters. The van der Waals surface area contributed by atoms with Crippen LogP contribution < -0.4 is 0 Å². The second-order valence-electron chi connectivity index (χ2n) is 5.84. The normalized spacial score (nSPS) is 28.6. The maximum absolute atomic E-state index is 12.2. The molecule has 0 aromatic rings. The van der Waals surface area contributed by atoms with Gasteiger partial charge in [-0.05, 0) is 37.0 Å². The van der Waals surface area contributed by atoms with Crippen LogP contribution in [0, 0.1) is 17.8 Å². The Balaban J connectivity index is 1.85. The number of carboxylic acids is 1. The molecule has 3 unspecified atom stereocenters. The minimum atomic E-state index is -0.961. The summed E-state index contributed by atoms with van der Waals surface area (Å²) >= 11 is 0. The van der Waals surface area contributed by atoms with Crippen molar-refractivity contribution in [2.24, 2.45) is 17.8 Å². The Kier molecular flexibility index (Phi) is 4.80. The van der Waals surface area contributed by atoms with E-state index in [9.17, 15) is 9.59 Å². The lowest BCUT2D eigenvalue weighted by Crippen LogP contribution is -2.39. The van der Waals surface area contributed by atoms with Gasteiger partial charge in [0.05, 0.1) is 6.61 Å². The van der Waals surface area contributed by atoms with Gasteiger partial charge in [0.15, 0.2) is 0 Å². The van der Waals surface area contributed by atoms with Gasteiger partial charge < -0.3 is 14.7 Å². The largest absolute Gasteiger partial charge is 0.480 e. The Morgan fingerprint density at radius 3 is 2.63 bits per heavy atom. The van der Waals surface area contributed by atoms with Crippen molar-refractivity contribution in [1.82, 2.24) is 4.90 Å². The van der Waals surface area contributed by atoms with Crippen molar-refractivity contribution in [1.29, 1.82) is 0 Å². The number of carbonyl (C=O) groups is 2. The van der Waals surface area contributed by atoms with E-state index in [2.05, 4.69) is 0 Å². The zero-order valence-electron chi connectivity index (χ0n) is 11.5. The summed E-state index contributed by atoms with van der Waals surface area (Å²) in [5, 5.41) is 8.86. The van der Waals surface area contributed by atoms with E-state index in [1.165, 1.54) is 24.2 Å². The molecule has 0 spiro atoms. The van der Waals surface area contributed by atoms with E-state index in [-0.39, 0.29) is 12.5 Å². The molecule has 0 aliphatic heterocycles. The average Bonchev–Trinajstić information content (AvgIpc) is 2.96. The monoisotopic (exact) mass is 269 g/mol. The number of ether oxygens (including phenoxy) is 1. The Labute approximate surface area is 113 Å². The second-order valence-corrected chi connectivity index (χ2v) is 5.84. The summed E-state index contributed by atoms with van der Waals surface area (Å²) in [6.45, 7) is 0.529. The predicted molar refractivity (Wildman–Crippen MR) is 69.6 cm³/mol. The number of hydrogen-bond donors (Lipinski definition) is 1. The fraction of sp³-hybridized carbons (Fsp3) is 0.857. The van der Waals surface area contributed by atoms with Crippen LogP contribution in [0.3, 0.4) is 0 Å². The molecule has 2 aliphatic rings. The lowest BCUT2D eigenvalue weighted by atomic mass is 9.86. The van der Waals surface area contributed by atoms with Crippen LogP contribution in [0.4, 0.5) is 0 Å². The fourth-order valence-electron chi connectivity index (χ4n) is 3.64. The smallest absolute Gasteiger partial charge is 0.323 e. The quantitative estimate of drug-likeness (QED) is 0.758. The first-order chi connectivity index (χ1) is 9.10. The highest BCUT2D eigenvalue weighted by Gasteiger charge is 2.40. The van der Waals surface area contributed by atoms with Gasteiger partial charge in [-0.1, -0.05) is 6.42 Å². The van der Waals surface area contributed by atoms with E-state index < -0.39 is 5.97 Å². The van der Waals surface area contributed by atoms with E-state index in [0.29, 0.717) is 31.4 Å². The van der Waals surface area contributed by atoms with Crippen LogP contribution >= 0.6 is 0 Å². The highest BCUT2D eigenvalue weighted by atomic mass is 16.5. The Hall–Kier alpha value is -1.10. The third-order valence-electron chi connectivity index (χ3n) is 4.57. The van der Waals surface area contributed by atoms with Gasteiger partial charge in [-0.3, -0.25) is 9.59 Å². The van der Waals surface area contributed by atoms with Crippen LogP contribution in [0.25, 0.3) is 0 Å². The molecule has 2 fully saturated rings. The third-order valence-corrected chi connectivity index (χ3v) is 4.57. The molecule has 2 bridgehead atoms. The van der Waals surface area contributed by atoms with Crippen molar-refractivity contribution in [2.45, 2.75) is 32.1 Å². The Morgan fingerprint density at radius 2 is 2.11 bits per heavy atom. The lowest BCUT2D eigenvalue weighted by Gasteiger charge is -2.25. The highest BCUT2D eigenvalue weighted by Crippen LogP contribution is 2.49. The Morgan fingerprint density at radius 1 is 1.32 bits per heavy atom. The molecule has 2 saturated carbocycles. The first-order valence-corrected chi connectivity index (χ1v) is 7.08. The molecule has 0 aromatic carbocycles. The number of methoxy groups -OCH3 is 1. The van der Waals surface area contributed by atoms with Crippen LogP contribution in [-0.4, -0.2) is 48.7 Å². The standard InChI is InChI=1S/C14H23NO4/c1-19-5-4-15(9-14(17)18)13(16)8-12-7-10-2-3-11(12)6-10/h10-12H,2-9H2,1H3,(H,17,18). The number of rotatable bonds is 7. The average molecular weight is 269 g/mol. The number of hydrogen-bond acceptors (Lipinski definition) is 3. The summed E-state index contributed by atoms with van der Waals surface area (Å²) in [5.74, 6) is 0.997. The molecule has 108 valence electrons. The fourth-order valence-corrected chi connectivity index (χ4v) is 3.64. The third kappa shape index (κ3) is 3.69. The van der Waals surface area contributed by atoms with E-state index >= 15 is 0 Å². The van der Waals surface area contributed by atoms with E-state index in [0.717, 1.165) is 12.3 Å². The van der Waals surface area contributed by atoms with Crippen LogP contribution in [0.15, 0.2) is 0 Å². The lowest BCUT2D eigenvalue weighted by molar-refractivity contribution is -0.145. The summed E-state index contributed by atoms with van der Waals surface area (Å²) in [4.78, 5) is 24.4. The van der Waals surface area contributed by atoms with Crippen LogP contribution in [0.1, 0.15) is 32.1 Å². The minimum Gasteiger partial charge on any atom is -0.480 e. The number of carboxylic acid groups (broad SMARTS) is 1. The summed E-state index contributed by atoms with van der Waals surface area (Å²) in [6.07, 6.45) is 5.51. The molecule has 1 amide bonds. The first-order valence-electron chi connectivity index (χ1n) is 7.08. The van der Waals surface area contributed by atoms with Crippen molar-refractivity contribution < 1.29 is 19.4 Å². The number of aliphatic carboxylic acids is 1. The summed E-state index contributed by atoms with van der Waals surface area (Å²) in [6, 6.07) is 0. The summed E-state index contributed by atoms with van der Waals surface area (Å²) in [7, 11) is 1.55. The van der Waals surface area contributed by atoms with Gasteiger partial charge in [0.25, 0.3) is 0 Å². The van der Waals surface area contributed by atoms with Gasteiger partial charge in [0.2, 0.25) is 5.91 Å². The number of nitrogens with zero attached hydrogens (tertiary/aromatic N) is 1. The first kappa shape index (κ1) is 14.3. The maximum Gasteiger partial charge on any atom is 0.323 e. The maximum atomic E-state index is 12.2. The molecule has 2 rings (SSSR count). The molecule has 1 N–H and O–H groups in total. The summed E-state index contributed by atoms with van der Waals surface area (Å²) in [5.41, 5.74) is 0. The van der Waals surface area contributed by atoms with Gasteiger partial charge in [-0.2, -0.15) is 0 Å². The molecule has 0 aromatic heterocycles. The number of amides is 1. The molecular weight excluding hydrogens is 246 g/mol. The second kappa shape index (κ2) is 6.37. The van der Waals surface area contributed by atoms with Crippen molar-refractivity contribution in [3.05, 3.63) is 0 Å². The van der Waals surface area contributed by atoms with Crippen LogP contribution in [-0.2, 0) is 14.3 Å². The molecule has 19 heavy (non-hydrogen) atoms. The van der Waals surface area contributed by atoms with E-state index in [1.54, 1.807) is 7.11 Å². The van der Waals surface area contributed by atoms with E-state index in [1.807, 2.05) is 0 Å². The molecular formula is C14H23NO4. The van der Waals surface area contributed by atoms with Crippen molar-refractivity contribution >= 4 is 11.9 Å². The predicted octanol–water partition coefficient (Wildman–Crippen LogP) is 1.37. The zero-order chi connectivity index (χ0) is 13.8.